The highest BCUT2D eigenvalue weighted by Gasteiger charge is 2.23. The number of para-hydroxylation sites is 3. The highest BCUT2D eigenvalue weighted by atomic mass is 16.3. The first-order valence-electron chi connectivity index (χ1n) is 24.6. The van der Waals surface area contributed by atoms with Crippen molar-refractivity contribution in [3.8, 4) is 33.4 Å². The molecular weight excluding hydrogens is 875 g/mol. The zero-order valence-corrected chi connectivity index (χ0v) is 40.2. The molecule has 0 saturated heterocycles. The van der Waals surface area contributed by atoms with Crippen molar-refractivity contribution >= 4 is 73.1 Å². The summed E-state index contributed by atoms with van der Waals surface area (Å²) in [5.74, 6) is 0. The van der Waals surface area contributed by atoms with Crippen LogP contribution >= 0.6 is 0 Å². The van der Waals surface area contributed by atoms with Gasteiger partial charge in [0.25, 0.3) is 0 Å². The van der Waals surface area contributed by atoms with E-state index in [1.807, 2.05) is 12.1 Å². The van der Waals surface area contributed by atoms with E-state index in [9.17, 15) is 0 Å². The molecule has 12 aromatic rings. The monoisotopic (exact) mass is 925 g/mol. The van der Waals surface area contributed by atoms with Crippen LogP contribution in [0.2, 0.25) is 0 Å². The topological polar surface area (TPSA) is 22.9 Å². The van der Waals surface area contributed by atoms with Gasteiger partial charge in [-0.25, -0.2) is 0 Å². The highest BCUT2D eigenvalue weighted by molar-refractivity contribution is 6.09. The molecule has 0 saturated carbocycles. The van der Waals surface area contributed by atoms with E-state index in [2.05, 4.69) is 289 Å². The largest absolute Gasteiger partial charge is 0.455 e. The molecule has 4 heteroatoms. The molecule has 72 heavy (non-hydrogen) atoms. The Morgan fingerprint density at radius 2 is 0.611 bits per heavy atom. The molecule has 0 aliphatic carbocycles. The quantitative estimate of drug-likeness (QED) is 0.122. The molecule has 0 fully saturated rings. The molecular formula is C68H51N3O. The number of anilines is 9. The molecule has 0 spiro atoms. The van der Waals surface area contributed by atoms with Crippen molar-refractivity contribution in [1.29, 1.82) is 0 Å². The fourth-order valence-corrected chi connectivity index (χ4v) is 10.1. The summed E-state index contributed by atoms with van der Waals surface area (Å²) in [6.45, 7) is 4.33. The van der Waals surface area contributed by atoms with E-state index in [4.69, 9.17) is 4.42 Å². The lowest BCUT2D eigenvalue weighted by molar-refractivity contribution is 0.670. The zero-order valence-electron chi connectivity index (χ0n) is 40.2. The van der Waals surface area contributed by atoms with Crippen LogP contribution in [-0.2, 0) is 0 Å². The van der Waals surface area contributed by atoms with Gasteiger partial charge in [0.1, 0.15) is 11.2 Å². The maximum Gasteiger partial charge on any atom is 0.143 e. The van der Waals surface area contributed by atoms with Crippen molar-refractivity contribution in [1.82, 2.24) is 0 Å². The summed E-state index contributed by atoms with van der Waals surface area (Å²) in [6, 6.07) is 98.0. The van der Waals surface area contributed by atoms with Crippen LogP contribution in [0.3, 0.4) is 0 Å². The minimum atomic E-state index is 0.890. The van der Waals surface area contributed by atoms with Crippen LogP contribution in [0.15, 0.2) is 277 Å². The van der Waals surface area contributed by atoms with Gasteiger partial charge < -0.3 is 19.1 Å². The third-order valence-corrected chi connectivity index (χ3v) is 13.5. The SMILES string of the molecule is Cc1cccc(N(c2ccc(-c3ccccc3)cc2)c2cc(N(c3ccccc3)c3ccc(-c4cccc5c4oc4ccccc45)cc3)cc(N(c3ccc(-c4ccccc4)cc3)c3cccc(C)c3)c2)c1. The average Bonchev–Trinajstić information content (AvgIpc) is 3.82. The lowest BCUT2D eigenvalue weighted by atomic mass is 10.0. The summed E-state index contributed by atoms with van der Waals surface area (Å²) in [7, 11) is 0. The minimum absolute atomic E-state index is 0.890. The van der Waals surface area contributed by atoms with E-state index in [1.54, 1.807) is 0 Å². The van der Waals surface area contributed by atoms with Crippen LogP contribution in [0.25, 0.3) is 55.3 Å². The van der Waals surface area contributed by atoms with Gasteiger partial charge in [-0.1, -0.05) is 176 Å². The summed E-state index contributed by atoms with van der Waals surface area (Å²) < 4.78 is 6.52. The van der Waals surface area contributed by atoms with Crippen LogP contribution in [0.5, 0.6) is 0 Å². The number of hydrogen-bond donors (Lipinski definition) is 0. The molecule has 344 valence electrons. The van der Waals surface area contributed by atoms with Crippen molar-refractivity contribution in [2.24, 2.45) is 0 Å². The van der Waals surface area contributed by atoms with E-state index in [1.165, 1.54) is 22.3 Å². The first-order valence-corrected chi connectivity index (χ1v) is 24.6. The molecule has 0 aliphatic rings. The first kappa shape index (κ1) is 43.9. The molecule has 11 aromatic carbocycles. The molecule has 0 N–H and O–H groups in total. The fraction of sp³-hybridized carbons (Fsp3) is 0.0294. The number of nitrogens with zero attached hydrogens (tertiary/aromatic N) is 3. The second kappa shape index (κ2) is 19.2. The number of rotatable bonds is 12. The predicted molar refractivity (Wildman–Crippen MR) is 304 cm³/mol. The van der Waals surface area contributed by atoms with Crippen molar-refractivity contribution in [3.63, 3.8) is 0 Å². The van der Waals surface area contributed by atoms with E-state index >= 15 is 0 Å². The lowest BCUT2D eigenvalue weighted by Crippen LogP contribution is -2.16. The molecule has 0 unspecified atom stereocenters. The Balaban J connectivity index is 1.07. The van der Waals surface area contributed by atoms with Gasteiger partial charge in [-0.05, 0) is 150 Å². The second-order valence-electron chi connectivity index (χ2n) is 18.4. The van der Waals surface area contributed by atoms with Crippen LogP contribution in [0.1, 0.15) is 11.1 Å². The van der Waals surface area contributed by atoms with E-state index < -0.39 is 0 Å². The summed E-state index contributed by atoms with van der Waals surface area (Å²) in [5, 5.41) is 2.23. The van der Waals surface area contributed by atoms with Crippen LogP contribution in [-0.4, -0.2) is 0 Å². The van der Waals surface area contributed by atoms with Gasteiger partial charge in [-0.2, -0.15) is 0 Å². The Morgan fingerprint density at radius 1 is 0.250 bits per heavy atom. The van der Waals surface area contributed by atoms with Crippen molar-refractivity contribution in [3.05, 3.63) is 284 Å². The molecule has 0 radical (unpaired) electrons. The van der Waals surface area contributed by atoms with Gasteiger partial charge in [-0.3, -0.25) is 0 Å². The molecule has 0 amide bonds. The van der Waals surface area contributed by atoms with Crippen LogP contribution in [0.4, 0.5) is 51.2 Å². The van der Waals surface area contributed by atoms with Crippen LogP contribution < -0.4 is 14.7 Å². The number of hydrogen-bond acceptors (Lipinski definition) is 4. The maximum atomic E-state index is 6.52. The summed E-state index contributed by atoms with van der Waals surface area (Å²) in [4.78, 5) is 7.16. The number of aryl methyl sites for hydroxylation is 2. The molecule has 0 aliphatic heterocycles. The maximum absolute atomic E-state index is 6.52. The van der Waals surface area contributed by atoms with Crippen LogP contribution in [0, 0.1) is 13.8 Å². The fourth-order valence-electron chi connectivity index (χ4n) is 10.1. The van der Waals surface area contributed by atoms with E-state index in [0.717, 1.165) is 95.4 Å². The van der Waals surface area contributed by atoms with Gasteiger partial charge in [0.15, 0.2) is 0 Å². The van der Waals surface area contributed by atoms with Gasteiger partial charge in [0.2, 0.25) is 0 Å². The molecule has 1 aromatic heterocycles. The Kier molecular flexibility index (Phi) is 11.7. The first-order chi connectivity index (χ1) is 35.5. The summed E-state index contributed by atoms with van der Waals surface area (Å²) in [6.07, 6.45) is 0. The number of furan rings is 1. The second-order valence-corrected chi connectivity index (χ2v) is 18.4. The van der Waals surface area contributed by atoms with Crippen molar-refractivity contribution in [2.45, 2.75) is 13.8 Å². The Morgan fingerprint density at radius 3 is 1.10 bits per heavy atom. The molecule has 0 atom stereocenters. The molecule has 12 rings (SSSR count). The van der Waals surface area contributed by atoms with Crippen molar-refractivity contribution in [2.75, 3.05) is 14.7 Å². The van der Waals surface area contributed by atoms with E-state index in [-0.39, 0.29) is 0 Å². The highest BCUT2D eigenvalue weighted by Crippen LogP contribution is 2.47. The standard InChI is InChI=1S/C68H51N3O/c1-48-17-14-25-59(43-48)70(57-37-31-52(32-38-57)50-19-6-3-7-20-50)62-45-61(46-63(47-62)71(60-26-15-18-49(2)44-60)58-39-33-53(34-40-58)51-21-8-4-9-22-51)69(55-23-10-5-11-24-55)56-41-35-54(36-42-56)64-28-16-29-66-65-27-12-13-30-67(65)72-68(64)66/h3-47H,1-2H3. The third-order valence-electron chi connectivity index (χ3n) is 13.5. The molecule has 4 nitrogen and oxygen atoms in total. The Labute approximate surface area is 421 Å². The predicted octanol–water partition coefficient (Wildman–Crippen LogP) is 19.6. The zero-order chi connectivity index (χ0) is 48.4. The van der Waals surface area contributed by atoms with Gasteiger partial charge in [0, 0.05) is 50.5 Å². The van der Waals surface area contributed by atoms with Gasteiger partial charge >= 0.3 is 0 Å². The minimum Gasteiger partial charge on any atom is -0.455 e. The summed E-state index contributed by atoms with van der Waals surface area (Å²) >= 11 is 0. The lowest BCUT2D eigenvalue weighted by Gasteiger charge is -2.33. The molecule has 1 heterocycles. The van der Waals surface area contributed by atoms with Gasteiger partial charge in [0.05, 0.1) is 17.1 Å². The van der Waals surface area contributed by atoms with Gasteiger partial charge in [-0.15, -0.1) is 0 Å². The molecule has 0 bridgehead atoms. The Hall–Kier alpha value is -9.38. The number of benzene rings is 11. The normalized spacial score (nSPS) is 11.2. The average molecular weight is 926 g/mol. The van der Waals surface area contributed by atoms with E-state index in [0.29, 0.717) is 0 Å². The van der Waals surface area contributed by atoms with Crippen molar-refractivity contribution < 1.29 is 4.42 Å². The summed E-state index contributed by atoms with van der Waals surface area (Å²) in [5.41, 5.74) is 20.3. The third kappa shape index (κ3) is 8.67. The number of fused-ring (bicyclic) bond motifs is 3. The Bertz CT molecular complexity index is 3660. The smallest absolute Gasteiger partial charge is 0.143 e.